The number of nitrogens with zero attached hydrogens (tertiary/aromatic N) is 1. The van der Waals surface area contributed by atoms with Gasteiger partial charge in [-0.1, -0.05) is 26.3 Å². The van der Waals surface area contributed by atoms with Gasteiger partial charge in [0, 0.05) is 33.5 Å². The monoisotopic (exact) mass is 267 g/mol. The molecule has 0 saturated heterocycles. The van der Waals surface area contributed by atoms with E-state index < -0.39 is 0 Å². The van der Waals surface area contributed by atoms with Gasteiger partial charge in [0.2, 0.25) is 5.91 Å². The van der Waals surface area contributed by atoms with E-state index in [0.29, 0.717) is 12.2 Å². The summed E-state index contributed by atoms with van der Waals surface area (Å²) in [6.07, 6.45) is 6.61. The molecule has 4 heteroatoms. The van der Waals surface area contributed by atoms with E-state index in [1.165, 1.54) is 17.9 Å². The molecule has 0 fully saturated rings. The van der Waals surface area contributed by atoms with E-state index in [9.17, 15) is 9.59 Å². The number of esters is 1. The molecule has 0 aliphatic rings. The van der Waals surface area contributed by atoms with Crippen LogP contribution in [-0.2, 0) is 14.3 Å². The van der Waals surface area contributed by atoms with Gasteiger partial charge in [-0.3, -0.25) is 9.59 Å². The van der Waals surface area contributed by atoms with Crippen LogP contribution in [0.25, 0.3) is 0 Å². The molecule has 0 aromatic heterocycles. The Labute approximate surface area is 116 Å². The van der Waals surface area contributed by atoms with Crippen LogP contribution in [0.4, 0.5) is 0 Å². The third-order valence-electron chi connectivity index (χ3n) is 2.49. The minimum atomic E-state index is -0.315. The predicted octanol–water partition coefficient (Wildman–Crippen LogP) is 3.05. The largest absolute Gasteiger partial charge is 0.431 e. The Bertz CT molecular complexity index is 368. The van der Waals surface area contributed by atoms with Crippen molar-refractivity contribution in [2.75, 3.05) is 14.1 Å². The van der Waals surface area contributed by atoms with Crippen LogP contribution in [-0.4, -0.2) is 30.9 Å². The highest BCUT2D eigenvalue weighted by Gasteiger charge is 2.08. The van der Waals surface area contributed by atoms with Crippen molar-refractivity contribution in [3.8, 4) is 0 Å². The van der Waals surface area contributed by atoms with E-state index in [4.69, 9.17) is 4.74 Å². The first-order chi connectivity index (χ1) is 8.92. The molecule has 0 aliphatic heterocycles. The molecule has 0 radical (unpaired) electrons. The fourth-order valence-corrected chi connectivity index (χ4v) is 1.58. The topological polar surface area (TPSA) is 46.6 Å². The second-order valence-corrected chi connectivity index (χ2v) is 4.61. The number of amides is 1. The lowest BCUT2D eigenvalue weighted by Gasteiger charge is -2.11. The third kappa shape index (κ3) is 7.44. The lowest BCUT2D eigenvalue weighted by atomic mass is 10.1. The normalized spacial score (nSPS) is 12.3. The number of ether oxygens (including phenoxy) is 1. The van der Waals surface area contributed by atoms with E-state index in [-0.39, 0.29) is 11.9 Å². The van der Waals surface area contributed by atoms with Crippen molar-refractivity contribution < 1.29 is 14.3 Å². The molecule has 0 aromatic rings. The van der Waals surface area contributed by atoms with Crippen LogP contribution < -0.4 is 0 Å². The van der Waals surface area contributed by atoms with Crippen LogP contribution >= 0.6 is 0 Å². The molecule has 0 heterocycles. The summed E-state index contributed by atoms with van der Waals surface area (Å²) in [6, 6.07) is 0. The Balaban J connectivity index is 5.18. The van der Waals surface area contributed by atoms with Crippen molar-refractivity contribution in [2.45, 2.75) is 46.5 Å². The number of hydrogen-bond donors (Lipinski definition) is 0. The zero-order valence-corrected chi connectivity index (χ0v) is 12.7. The molecule has 19 heavy (non-hydrogen) atoms. The molecule has 0 spiro atoms. The van der Waals surface area contributed by atoms with Gasteiger partial charge >= 0.3 is 5.97 Å². The fourth-order valence-electron chi connectivity index (χ4n) is 1.58. The Kier molecular flexibility index (Phi) is 8.58. The Morgan fingerprint density at radius 1 is 1.05 bits per heavy atom. The molecule has 0 rings (SSSR count). The average molecular weight is 267 g/mol. The predicted molar refractivity (Wildman–Crippen MR) is 76.4 cm³/mol. The Hall–Kier alpha value is -1.58. The average Bonchev–Trinajstić information content (AvgIpc) is 2.32. The summed E-state index contributed by atoms with van der Waals surface area (Å²) in [7, 11) is 3.41. The van der Waals surface area contributed by atoms with Gasteiger partial charge in [0.05, 0.1) is 0 Å². The first-order valence-corrected chi connectivity index (χ1v) is 6.72. The second-order valence-electron chi connectivity index (χ2n) is 4.61. The lowest BCUT2D eigenvalue weighted by molar-refractivity contribution is -0.137. The highest BCUT2D eigenvalue weighted by atomic mass is 16.5. The molecular weight excluding hydrogens is 242 g/mol. The summed E-state index contributed by atoms with van der Waals surface area (Å²) in [5.41, 5.74) is 0.926. The smallest absolute Gasteiger partial charge is 0.307 e. The van der Waals surface area contributed by atoms with Gasteiger partial charge in [-0.2, -0.15) is 0 Å². The number of rotatable bonds is 7. The van der Waals surface area contributed by atoms with Crippen molar-refractivity contribution in [1.82, 2.24) is 4.90 Å². The number of allylic oxidation sites excluding steroid dienone is 3. The summed E-state index contributed by atoms with van der Waals surface area (Å²) in [4.78, 5) is 24.2. The van der Waals surface area contributed by atoms with Crippen LogP contribution in [0.5, 0.6) is 0 Å². The number of likely N-dealkylation sites (N-methyl/N-ethyl adjacent to an activating group) is 1. The van der Waals surface area contributed by atoms with Crippen LogP contribution in [0.15, 0.2) is 23.5 Å². The maximum absolute atomic E-state index is 11.6. The van der Waals surface area contributed by atoms with E-state index >= 15 is 0 Å². The molecule has 0 N–H and O–H groups in total. The molecule has 0 aromatic carbocycles. The standard InChI is InChI=1S/C15H25NO3/c1-6-8-13(10-11-15(18)16(4)5)14(9-7-2)19-12(3)17/h10-11H,6-9H2,1-5H3/b11-10+,14-13+. The van der Waals surface area contributed by atoms with Gasteiger partial charge in [-0.25, -0.2) is 0 Å². The first-order valence-electron chi connectivity index (χ1n) is 6.72. The third-order valence-corrected chi connectivity index (χ3v) is 2.49. The van der Waals surface area contributed by atoms with Crippen molar-refractivity contribution in [2.24, 2.45) is 0 Å². The van der Waals surface area contributed by atoms with Crippen molar-refractivity contribution in [3.05, 3.63) is 23.5 Å². The molecule has 108 valence electrons. The van der Waals surface area contributed by atoms with E-state index in [0.717, 1.165) is 24.8 Å². The highest BCUT2D eigenvalue weighted by molar-refractivity contribution is 5.87. The first kappa shape index (κ1) is 17.4. The van der Waals surface area contributed by atoms with Crippen LogP contribution in [0.3, 0.4) is 0 Å². The fraction of sp³-hybridized carbons (Fsp3) is 0.600. The van der Waals surface area contributed by atoms with Crippen molar-refractivity contribution in [1.29, 1.82) is 0 Å². The summed E-state index contributed by atoms with van der Waals surface area (Å²) in [6.45, 7) is 5.48. The molecule has 0 atom stereocenters. The lowest BCUT2D eigenvalue weighted by Crippen LogP contribution is -2.18. The van der Waals surface area contributed by atoms with E-state index in [1.54, 1.807) is 20.2 Å². The minimum absolute atomic E-state index is 0.0766. The summed E-state index contributed by atoms with van der Waals surface area (Å²) >= 11 is 0. The van der Waals surface area contributed by atoms with Crippen LogP contribution in [0.2, 0.25) is 0 Å². The molecule has 0 aliphatic carbocycles. The highest BCUT2D eigenvalue weighted by Crippen LogP contribution is 2.19. The van der Waals surface area contributed by atoms with Crippen molar-refractivity contribution in [3.63, 3.8) is 0 Å². The van der Waals surface area contributed by atoms with Gasteiger partial charge in [-0.05, 0) is 18.4 Å². The zero-order valence-electron chi connectivity index (χ0n) is 12.7. The van der Waals surface area contributed by atoms with Gasteiger partial charge in [0.25, 0.3) is 0 Å². The maximum Gasteiger partial charge on any atom is 0.307 e. The van der Waals surface area contributed by atoms with E-state index in [2.05, 4.69) is 6.92 Å². The molecular formula is C15H25NO3. The maximum atomic E-state index is 11.6. The summed E-state index contributed by atoms with van der Waals surface area (Å²) < 4.78 is 5.26. The molecule has 0 unspecified atom stereocenters. The van der Waals surface area contributed by atoms with Crippen LogP contribution in [0, 0.1) is 0 Å². The molecule has 0 saturated carbocycles. The number of hydrogen-bond acceptors (Lipinski definition) is 3. The Morgan fingerprint density at radius 2 is 1.63 bits per heavy atom. The van der Waals surface area contributed by atoms with Gasteiger partial charge in [0.1, 0.15) is 5.76 Å². The number of carbonyl (C=O) groups is 2. The Morgan fingerprint density at radius 3 is 2.05 bits per heavy atom. The molecule has 0 bridgehead atoms. The van der Waals surface area contributed by atoms with Crippen LogP contribution in [0.1, 0.15) is 46.5 Å². The summed E-state index contributed by atoms with van der Waals surface area (Å²) in [5, 5.41) is 0. The quantitative estimate of drug-likeness (QED) is 0.308. The van der Waals surface area contributed by atoms with Gasteiger partial charge in [0.15, 0.2) is 0 Å². The van der Waals surface area contributed by atoms with Gasteiger partial charge in [-0.15, -0.1) is 0 Å². The second kappa shape index (κ2) is 9.36. The number of carbonyl (C=O) groups excluding carboxylic acids is 2. The van der Waals surface area contributed by atoms with Crippen molar-refractivity contribution >= 4 is 11.9 Å². The van der Waals surface area contributed by atoms with Gasteiger partial charge < -0.3 is 9.64 Å². The SMILES string of the molecule is CCCC(/C=C/C(=O)N(C)C)=C(/CCC)OC(C)=O. The summed E-state index contributed by atoms with van der Waals surface area (Å²) in [5.74, 6) is 0.288. The molecule has 1 amide bonds. The minimum Gasteiger partial charge on any atom is -0.431 e. The zero-order chi connectivity index (χ0) is 14.8. The molecule has 4 nitrogen and oxygen atoms in total. The van der Waals surface area contributed by atoms with E-state index in [1.807, 2.05) is 6.92 Å².